The number of methoxy groups -OCH3 is 1. The van der Waals surface area contributed by atoms with Crippen molar-refractivity contribution in [3.63, 3.8) is 0 Å². The number of nitrogens with zero attached hydrogens (tertiary/aromatic N) is 2. The zero-order chi connectivity index (χ0) is 23.8. The molecule has 33 heavy (non-hydrogen) atoms. The summed E-state index contributed by atoms with van der Waals surface area (Å²) in [7, 11) is 1.44. The van der Waals surface area contributed by atoms with E-state index in [2.05, 4.69) is 20.8 Å². The van der Waals surface area contributed by atoms with Crippen molar-refractivity contribution in [2.24, 2.45) is 5.10 Å². The third-order valence-electron chi connectivity index (χ3n) is 4.18. The Morgan fingerprint density at radius 3 is 2.61 bits per heavy atom. The average Bonchev–Trinajstić information content (AvgIpc) is 2.79. The van der Waals surface area contributed by atoms with Gasteiger partial charge in [-0.25, -0.2) is 4.98 Å². The van der Waals surface area contributed by atoms with E-state index >= 15 is 0 Å². The zero-order valence-corrected chi connectivity index (χ0v) is 17.9. The monoisotopic (exact) mass is 478 g/mol. The van der Waals surface area contributed by atoms with Crippen molar-refractivity contribution in [3.8, 4) is 11.5 Å². The van der Waals surface area contributed by atoms with Crippen LogP contribution in [0.5, 0.6) is 11.5 Å². The number of carbonyl (C=O) groups excluding carboxylic acids is 1. The lowest BCUT2D eigenvalue weighted by molar-refractivity contribution is -0.137. The second-order valence-corrected chi connectivity index (χ2v) is 6.93. The summed E-state index contributed by atoms with van der Waals surface area (Å²) in [4.78, 5) is 15.8. The number of nitrogens with one attached hydrogen (secondary N) is 2. The zero-order valence-electron chi connectivity index (χ0n) is 17.2. The standard InChI is InChI=1S/C22H18ClF3N4O3/c1-32-19-10-14(11-28-30-20-9-7-15(12-27-20)22(24,25)26)6-8-18(19)33-13-21(31)29-17-5-3-2-4-16(17)23/h2-12H,13H2,1H3,(H,27,30)(H,29,31)/b28-11+. The van der Waals surface area contributed by atoms with Crippen LogP contribution in [-0.4, -0.2) is 30.8 Å². The molecule has 0 atom stereocenters. The molecule has 0 spiro atoms. The van der Waals surface area contributed by atoms with Gasteiger partial charge in [-0.1, -0.05) is 23.7 Å². The summed E-state index contributed by atoms with van der Waals surface area (Å²) in [5.41, 5.74) is 2.78. The van der Waals surface area contributed by atoms with Crippen molar-refractivity contribution < 1.29 is 27.4 Å². The normalized spacial score (nSPS) is 11.3. The summed E-state index contributed by atoms with van der Waals surface area (Å²) < 4.78 is 48.5. The first-order valence-electron chi connectivity index (χ1n) is 9.44. The molecule has 7 nitrogen and oxygen atoms in total. The number of ether oxygens (including phenoxy) is 2. The van der Waals surface area contributed by atoms with Gasteiger partial charge in [-0.15, -0.1) is 0 Å². The van der Waals surface area contributed by atoms with E-state index in [1.807, 2.05) is 0 Å². The van der Waals surface area contributed by atoms with Crippen LogP contribution in [0.4, 0.5) is 24.7 Å². The van der Waals surface area contributed by atoms with E-state index in [0.717, 1.165) is 12.3 Å². The summed E-state index contributed by atoms with van der Waals surface area (Å²) in [5.74, 6) is 0.443. The predicted molar refractivity (Wildman–Crippen MR) is 119 cm³/mol. The first-order chi connectivity index (χ1) is 15.8. The highest BCUT2D eigenvalue weighted by atomic mass is 35.5. The van der Waals surface area contributed by atoms with Crippen molar-refractivity contribution in [2.75, 3.05) is 24.5 Å². The number of pyridine rings is 1. The summed E-state index contributed by atoms with van der Waals surface area (Å²) in [6, 6.07) is 13.8. The quantitative estimate of drug-likeness (QED) is 0.342. The van der Waals surface area contributed by atoms with Gasteiger partial charge in [-0.05, 0) is 48.0 Å². The Hall–Kier alpha value is -3.79. The molecule has 11 heteroatoms. The van der Waals surface area contributed by atoms with E-state index in [0.29, 0.717) is 27.8 Å². The number of carbonyl (C=O) groups is 1. The van der Waals surface area contributed by atoms with Crippen molar-refractivity contribution in [2.45, 2.75) is 6.18 Å². The number of hydrogen-bond acceptors (Lipinski definition) is 6. The number of anilines is 2. The molecule has 0 saturated heterocycles. The summed E-state index contributed by atoms with van der Waals surface area (Å²) >= 11 is 6.01. The second kappa shape index (κ2) is 10.7. The number of hydrogen-bond donors (Lipinski definition) is 2. The van der Waals surface area contributed by atoms with Crippen LogP contribution < -0.4 is 20.2 Å². The molecule has 2 N–H and O–H groups in total. The van der Waals surface area contributed by atoms with Gasteiger partial charge in [0.2, 0.25) is 0 Å². The van der Waals surface area contributed by atoms with Crippen LogP contribution in [0.3, 0.4) is 0 Å². The fourth-order valence-electron chi connectivity index (χ4n) is 2.58. The van der Waals surface area contributed by atoms with Crippen LogP contribution in [0.25, 0.3) is 0 Å². The third kappa shape index (κ3) is 6.84. The second-order valence-electron chi connectivity index (χ2n) is 6.53. The molecule has 0 aliphatic heterocycles. The molecule has 1 heterocycles. The summed E-state index contributed by atoms with van der Waals surface area (Å²) in [6.07, 6.45) is -2.31. The smallest absolute Gasteiger partial charge is 0.417 e. The molecule has 0 unspecified atom stereocenters. The maximum absolute atomic E-state index is 12.6. The molecule has 1 aromatic heterocycles. The number of alkyl halides is 3. The third-order valence-corrected chi connectivity index (χ3v) is 4.51. The SMILES string of the molecule is COc1cc(/C=N/Nc2ccc(C(F)(F)F)cn2)ccc1OCC(=O)Nc1ccccc1Cl. The van der Waals surface area contributed by atoms with E-state index in [-0.39, 0.29) is 12.4 Å². The summed E-state index contributed by atoms with van der Waals surface area (Å²) in [6.45, 7) is -0.268. The highest BCUT2D eigenvalue weighted by molar-refractivity contribution is 6.33. The Kier molecular flexibility index (Phi) is 7.73. The van der Waals surface area contributed by atoms with Crippen molar-refractivity contribution in [3.05, 3.63) is 76.9 Å². The average molecular weight is 479 g/mol. The lowest BCUT2D eigenvalue weighted by Gasteiger charge is -2.12. The fraction of sp³-hybridized carbons (Fsp3) is 0.136. The maximum atomic E-state index is 12.6. The Labute approximate surface area is 192 Å². The lowest BCUT2D eigenvalue weighted by Crippen LogP contribution is -2.20. The van der Waals surface area contributed by atoms with E-state index < -0.39 is 17.6 Å². The molecule has 0 radical (unpaired) electrons. The van der Waals surface area contributed by atoms with E-state index in [9.17, 15) is 18.0 Å². The van der Waals surface area contributed by atoms with Crippen LogP contribution in [-0.2, 0) is 11.0 Å². The number of halogens is 4. The van der Waals surface area contributed by atoms with Gasteiger partial charge in [0.1, 0.15) is 5.82 Å². The molecule has 0 saturated carbocycles. The Bertz CT molecular complexity index is 1140. The molecule has 1 amide bonds. The van der Waals surface area contributed by atoms with Gasteiger partial charge in [0.05, 0.1) is 29.6 Å². The van der Waals surface area contributed by atoms with E-state index in [4.69, 9.17) is 21.1 Å². The number of hydrazone groups is 1. The molecular formula is C22H18ClF3N4O3. The predicted octanol–water partition coefficient (Wildman–Crippen LogP) is 5.23. The van der Waals surface area contributed by atoms with Gasteiger partial charge in [-0.2, -0.15) is 18.3 Å². The molecule has 0 fully saturated rings. The number of rotatable bonds is 8. The van der Waals surface area contributed by atoms with Gasteiger partial charge in [0.25, 0.3) is 5.91 Å². The van der Waals surface area contributed by atoms with Crippen LogP contribution in [0.1, 0.15) is 11.1 Å². The maximum Gasteiger partial charge on any atom is 0.417 e. The van der Waals surface area contributed by atoms with Crippen LogP contribution in [0, 0.1) is 0 Å². The highest BCUT2D eigenvalue weighted by Crippen LogP contribution is 2.29. The fourth-order valence-corrected chi connectivity index (χ4v) is 2.76. The molecule has 172 valence electrons. The highest BCUT2D eigenvalue weighted by Gasteiger charge is 2.30. The van der Waals surface area contributed by atoms with Gasteiger partial charge >= 0.3 is 6.18 Å². The van der Waals surface area contributed by atoms with Crippen molar-refractivity contribution in [1.82, 2.24) is 4.98 Å². The Balaban J connectivity index is 1.57. The Morgan fingerprint density at radius 2 is 1.94 bits per heavy atom. The van der Waals surface area contributed by atoms with Gasteiger partial charge in [0, 0.05) is 6.20 Å². The molecule has 2 aromatic carbocycles. The van der Waals surface area contributed by atoms with E-state index in [1.54, 1.807) is 42.5 Å². The Morgan fingerprint density at radius 1 is 1.15 bits per heavy atom. The molecular weight excluding hydrogens is 461 g/mol. The molecule has 0 bridgehead atoms. The van der Waals surface area contributed by atoms with Crippen LogP contribution >= 0.6 is 11.6 Å². The van der Waals surface area contributed by atoms with Crippen molar-refractivity contribution >= 4 is 35.2 Å². The number of aromatic nitrogens is 1. The van der Waals surface area contributed by atoms with Gasteiger partial charge in [0.15, 0.2) is 18.1 Å². The number of para-hydroxylation sites is 1. The van der Waals surface area contributed by atoms with E-state index in [1.165, 1.54) is 19.4 Å². The molecule has 3 aromatic rings. The largest absolute Gasteiger partial charge is 0.493 e. The van der Waals surface area contributed by atoms with Gasteiger partial charge < -0.3 is 14.8 Å². The van der Waals surface area contributed by atoms with Crippen LogP contribution in [0.15, 0.2) is 65.9 Å². The topological polar surface area (TPSA) is 84.8 Å². The lowest BCUT2D eigenvalue weighted by atomic mass is 10.2. The number of benzene rings is 2. The molecule has 0 aliphatic carbocycles. The first-order valence-corrected chi connectivity index (χ1v) is 9.81. The summed E-state index contributed by atoms with van der Waals surface area (Å²) in [5, 5.41) is 7.01. The minimum absolute atomic E-state index is 0.149. The molecule has 0 aliphatic rings. The minimum atomic E-state index is -4.45. The van der Waals surface area contributed by atoms with Crippen molar-refractivity contribution in [1.29, 1.82) is 0 Å². The minimum Gasteiger partial charge on any atom is -0.493 e. The number of amides is 1. The first kappa shape index (κ1) is 23.9. The van der Waals surface area contributed by atoms with Gasteiger partial charge in [-0.3, -0.25) is 10.2 Å². The molecule has 3 rings (SSSR count). The van der Waals surface area contributed by atoms with Crippen LogP contribution in [0.2, 0.25) is 5.02 Å².